The predicted molar refractivity (Wildman–Crippen MR) is 57.6 cm³/mol. The molecule has 0 bridgehead atoms. The maximum absolute atomic E-state index is 12.1. The van der Waals surface area contributed by atoms with Gasteiger partial charge < -0.3 is 15.0 Å². The molecular weight excluding hydrogens is 192 g/mol. The van der Waals surface area contributed by atoms with Gasteiger partial charge in [0.15, 0.2) is 0 Å². The van der Waals surface area contributed by atoms with E-state index in [0.717, 1.165) is 39.0 Å². The molecule has 0 spiro atoms. The first-order chi connectivity index (χ1) is 7.31. The summed E-state index contributed by atoms with van der Waals surface area (Å²) in [7, 11) is 0. The minimum Gasteiger partial charge on any atom is -0.375 e. The van der Waals surface area contributed by atoms with Crippen molar-refractivity contribution in [3.8, 4) is 0 Å². The number of hydrogen-bond donors (Lipinski definition) is 1. The van der Waals surface area contributed by atoms with Crippen LogP contribution >= 0.6 is 0 Å². The normalized spacial score (nSPS) is 31.9. The molecule has 4 heteroatoms. The van der Waals surface area contributed by atoms with Crippen molar-refractivity contribution in [2.45, 2.75) is 25.9 Å². The molecule has 0 aromatic rings. The van der Waals surface area contributed by atoms with E-state index in [1.807, 2.05) is 4.90 Å². The van der Waals surface area contributed by atoms with Gasteiger partial charge in [-0.25, -0.2) is 0 Å². The Morgan fingerprint density at radius 2 is 2.47 bits per heavy atom. The second kappa shape index (κ2) is 4.94. The highest BCUT2D eigenvalue weighted by molar-refractivity contribution is 5.79. The first-order valence-electron chi connectivity index (χ1n) is 5.92. The molecule has 2 rings (SSSR count). The Morgan fingerprint density at radius 1 is 1.60 bits per heavy atom. The van der Waals surface area contributed by atoms with Gasteiger partial charge >= 0.3 is 0 Å². The van der Waals surface area contributed by atoms with Crippen LogP contribution in [0.1, 0.15) is 19.8 Å². The van der Waals surface area contributed by atoms with E-state index in [1.165, 1.54) is 0 Å². The molecule has 2 saturated heterocycles. The molecule has 2 fully saturated rings. The van der Waals surface area contributed by atoms with Crippen molar-refractivity contribution >= 4 is 5.91 Å². The van der Waals surface area contributed by atoms with Crippen molar-refractivity contribution in [1.82, 2.24) is 10.2 Å². The van der Waals surface area contributed by atoms with Crippen molar-refractivity contribution in [3.63, 3.8) is 0 Å². The SMILES string of the molecule is CCC1CN(C(=O)[C@@H]2CCNC2)CCO1. The number of ether oxygens (including phenoxy) is 1. The summed E-state index contributed by atoms with van der Waals surface area (Å²) in [5, 5.41) is 3.24. The van der Waals surface area contributed by atoms with Crippen LogP contribution in [-0.2, 0) is 9.53 Å². The van der Waals surface area contributed by atoms with Crippen LogP contribution in [0.3, 0.4) is 0 Å². The Hall–Kier alpha value is -0.610. The number of amides is 1. The van der Waals surface area contributed by atoms with E-state index in [2.05, 4.69) is 12.2 Å². The van der Waals surface area contributed by atoms with E-state index in [-0.39, 0.29) is 12.0 Å². The number of nitrogens with one attached hydrogen (secondary N) is 1. The van der Waals surface area contributed by atoms with E-state index in [9.17, 15) is 4.79 Å². The molecule has 0 aromatic heterocycles. The third kappa shape index (κ3) is 2.49. The number of nitrogens with zero attached hydrogens (tertiary/aromatic N) is 1. The van der Waals surface area contributed by atoms with Gasteiger partial charge in [-0.2, -0.15) is 0 Å². The Bertz CT molecular complexity index is 227. The summed E-state index contributed by atoms with van der Waals surface area (Å²) in [5.41, 5.74) is 0. The largest absolute Gasteiger partial charge is 0.375 e. The number of carbonyl (C=O) groups excluding carboxylic acids is 1. The van der Waals surface area contributed by atoms with Crippen LogP contribution in [0.15, 0.2) is 0 Å². The fourth-order valence-electron chi connectivity index (χ4n) is 2.29. The molecule has 4 nitrogen and oxygen atoms in total. The van der Waals surface area contributed by atoms with Gasteiger partial charge in [0, 0.05) is 19.6 Å². The van der Waals surface area contributed by atoms with E-state index in [1.54, 1.807) is 0 Å². The number of rotatable bonds is 2. The average Bonchev–Trinajstić information content (AvgIpc) is 2.81. The molecule has 0 aliphatic carbocycles. The molecule has 86 valence electrons. The maximum atomic E-state index is 12.1. The number of morpholine rings is 1. The van der Waals surface area contributed by atoms with Crippen molar-refractivity contribution < 1.29 is 9.53 Å². The monoisotopic (exact) mass is 212 g/mol. The summed E-state index contributed by atoms with van der Waals surface area (Å²) in [6.45, 7) is 6.20. The Morgan fingerprint density at radius 3 is 3.13 bits per heavy atom. The van der Waals surface area contributed by atoms with Crippen molar-refractivity contribution in [2.75, 3.05) is 32.8 Å². The van der Waals surface area contributed by atoms with Gasteiger partial charge in [-0.15, -0.1) is 0 Å². The summed E-state index contributed by atoms with van der Waals surface area (Å²) in [6, 6.07) is 0. The van der Waals surface area contributed by atoms with E-state index >= 15 is 0 Å². The van der Waals surface area contributed by atoms with Crippen LogP contribution in [0.5, 0.6) is 0 Å². The first kappa shape index (κ1) is 10.9. The molecule has 0 saturated carbocycles. The fourth-order valence-corrected chi connectivity index (χ4v) is 2.29. The smallest absolute Gasteiger partial charge is 0.227 e. The highest BCUT2D eigenvalue weighted by atomic mass is 16.5. The lowest BCUT2D eigenvalue weighted by Crippen LogP contribution is -2.47. The van der Waals surface area contributed by atoms with Crippen molar-refractivity contribution in [3.05, 3.63) is 0 Å². The van der Waals surface area contributed by atoms with Crippen molar-refractivity contribution in [2.24, 2.45) is 5.92 Å². The van der Waals surface area contributed by atoms with Crippen LogP contribution in [-0.4, -0.2) is 49.7 Å². The van der Waals surface area contributed by atoms with E-state index in [4.69, 9.17) is 4.74 Å². The van der Waals surface area contributed by atoms with E-state index in [0.29, 0.717) is 12.5 Å². The van der Waals surface area contributed by atoms with Crippen molar-refractivity contribution in [1.29, 1.82) is 0 Å². The van der Waals surface area contributed by atoms with Gasteiger partial charge in [0.25, 0.3) is 0 Å². The number of carbonyl (C=O) groups is 1. The van der Waals surface area contributed by atoms with Crippen LogP contribution < -0.4 is 5.32 Å². The summed E-state index contributed by atoms with van der Waals surface area (Å²) in [6.07, 6.45) is 2.23. The number of hydrogen-bond acceptors (Lipinski definition) is 3. The summed E-state index contributed by atoms with van der Waals surface area (Å²) < 4.78 is 5.56. The molecule has 2 aliphatic heterocycles. The standard InChI is InChI=1S/C11H20N2O2/c1-2-10-8-13(5-6-15-10)11(14)9-3-4-12-7-9/h9-10,12H,2-8H2,1H3/t9-,10?/m1/s1. The van der Waals surface area contributed by atoms with Crippen LogP contribution in [0, 0.1) is 5.92 Å². The lowest BCUT2D eigenvalue weighted by molar-refractivity contribution is -0.142. The van der Waals surface area contributed by atoms with Gasteiger partial charge in [0.05, 0.1) is 18.6 Å². The Kier molecular flexibility index (Phi) is 3.59. The summed E-state index contributed by atoms with van der Waals surface area (Å²) >= 11 is 0. The Balaban J connectivity index is 1.88. The third-order valence-corrected chi connectivity index (χ3v) is 3.32. The second-order valence-corrected chi connectivity index (χ2v) is 4.38. The van der Waals surface area contributed by atoms with Crippen LogP contribution in [0.2, 0.25) is 0 Å². The highest BCUT2D eigenvalue weighted by Gasteiger charge is 2.30. The third-order valence-electron chi connectivity index (χ3n) is 3.32. The zero-order valence-corrected chi connectivity index (χ0v) is 9.37. The topological polar surface area (TPSA) is 41.6 Å². The molecule has 1 unspecified atom stereocenters. The molecule has 0 aromatic carbocycles. The van der Waals surface area contributed by atoms with Crippen LogP contribution in [0.4, 0.5) is 0 Å². The zero-order valence-electron chi connectivity index (χ0n) is 9.37. The van der Waals surface area contributed by atoms with Gasteiger partial charge in [-0.1, -0.05) is 6.92 Å². The van der Waals surface area contributed by atoms with Gasteiger partial charge in [0.1, 0.15) is 0 Å². The van der Waals surface area contributed by atoms with Gasteiger partial charge in [0.2, 0.25) is 5.91 Å². The molecular formula is C11H20N2O2. The predicted octanol–water partition coefficient (Wildman–Crippen LogP) is 0.233. The fraction of sp³-hybridized carbons (Fsp3) is 0.909. The molecule has 0 radical (unpaired) electrons. The minimum absolute atomic E-state index is 0.209. The minimum atomic E-state index is 0.209. The maximum Gasteiger partial charge on any atom is 0.227 e. The molecule has 15 heavy (non-hydrogen) atoms. The molecule has 2 heterocycles. The zero-order chi connectivity index (χ0) is 10.7. The second-order valence-electron chi connectivity index (χ2n) is 4.38. The quantitative estimate of drug-likeness (QED) is 0.712. The Labute approximate surface area is 91.0 Å². The first-order valence-corrected chi connectivity index (χ1v) is 5.92. The molecule has 1 N–H and O–H groups in total. The lowest BCUT2D eigenvalue weighted by Gasteiger charge is -2.33. The summed E-state index contributed by atoms with van der Waals surface area (Å²) in [4.78, 5) is 14.1. The molecule has 1 amide bonds. The van der Waals surface area contributed by atoms with Crippen LogP contribution in [0.25, 0.3) is 0 Å². The van der Waals surface area contributed by atoms with Gasteiger partial charge in [-0.05, 0) is 19.4 Å². The van der Waals surface area contributed by atoms with E-state index < -0.39 is 0 Å². The van der Waals surface area contributed by atoms with Gasteiger partial charge in [-0.3, -0.25) is 4.79 Å². The lowest BCUT2D eigenvalue weighted by atomic mass is 10.1. The molecule has 2 atom stereocenters. The molecule has 2 aliphatic rings. The summed E-state index contributed by atoms with van der Waals surface area (Å²) in [5.74, 6) is 0.530. The average molecular weight is 212 g/mol. The highest BCUT2D eigenvalue weighted by Crippen LogP contribution is 2.15.